The highest BCUT2D eigenvalue weighted by Gasteiger charge is 2.07. The summed E-state index contributed by atoms with van der Waals surface area (Å²) in [5.74, 6) is 0.678. The molecule has 0 unspecified atom stereocenters. The van der Waals surface area contributed by atoms with Crippen molar-refractivity contribution in [3.05, 3.63) is 46.4 Å². The van der Waals surface area contributed by atoms with Gasteiger partial charge >= 0.3 is 0 Å². The van der Waals surface area contributed by atoms with Gasteiger partial charge in [0.1, 0.15) is 5.75 Å². The van der Waals surface area contributed by atoms with Crippen LogP contribution in [-0.2, 0) is 0 Å². The van der Waals surface area contributed by atoms with Gasteiger partial charge in [-0.1, -0.05) is 0 Å². The van der Waals surface area contributed by atoms with Crippen LogP contribution in [0.2, 0.25) is 0 Å². The molecule has 0 saturated heterocycles. The zero-order valence-electron chi connectivity index (χ0n) is 11.2. The van der Waals surface area contributed by atoms with Crippen molar-refractivity contribution in [2.75, 3.05) is 18.2 Å². The Kier molecular flexibility index (Phi) is 4.29. The number of carbonyl (C=O) groups excluding carboxylic acids is 1. The summed E-state index contributed by atoms with van der Waals surface area (Å²) in [4.78, 5) is 11.5. The second kappa shape index (κ2) is 5.96. The van der Waals surface area contributed by atoms with Crippen molar-refractivity contribution in [2.24, 2.45) is 0 Å². The Bertz CT molecular complexity index is 656. The van der Waals surface area contributed by atoms with E-state index in [1.807, 2.05) is 24.3 Å². The third-order valence-corrected chi connectivity index (χ3v) is 3.53. The van der Waals surface area contributed by atoms with Gasteiger partial charge in [0.05, 0.1) is 11.6 Å². The summed E-state index contributed by atoms with van der Waals surface area (Å²) in [5.41, 5.74) is 8.44. The van der Waals surface area contributed by atoms with Crippen LogP contribution in [0.25, 0.3) is 0 Å². The third-order valence-electron chi connectivity index (χ3n) is 2.87. The summed E-state index contributed by atoms with van der Waals surface area (Å²) in [7, 11) is 1.61. The number of rotatable bonds is 4. The van der Waals surface area contributed by atoms with Crippen molar-refractivity contribution >= 4 is 38.8 Å². The minimum Gasteiger partial charge on any atom is -0.495 e. The molecule has 0 aliphatic rings. The number of nitrogens with two attached hydrogens (primary N) is 1. The molecule has 3 N–H and O–H groups in total. The molecule has 0 fully saturated rings. The molecule has 0 amide bonds. The van der Waals surface area contributed by atoms with Gasteiger partial charge in [-0.2, -0.15) is 0 Å². The number of ether oxygens (including phenoxy) is 1. The molecule has 0 bridgehead atoms. The SMILES string of the molecule is COc1cc(Nc2ccc(N)c(C(C)=O)c2)ccc1Br. The van der Waals surface area contributed by atoms with Gasteiger partial charge in [-0.05, 0) is 53.2 Å². The lowest BCUT2D eigenvalue weighted by Crippen LogP contribution is -2.01. The van der Waals surface area contributed by atoms with Crippen LogP contribution in [0, 0.1) is 0 Å². The molecule has 104 valence electrons. The minimum atomic E-state index is -0.0560. The Morgan fingerprint density at radius 2 is 1.85 bits per heavy atom. The lowest BCUT2D eigenvalue weighted by molar-refractivity contribution is 0.101. The van der Waals surface area contributed by atoms with Crippen LogP contribution < -0.4 is 15.8 Å². The van der Waals surface area contributed by atoms with Gasteiger partial charge < -0.3 is 15.8 Å². The number of anilines is 3. The van der Waals surface area contributed by atoms with Crippen molar-refractivity contribution in [1.29, 1.82) is 0 Å². The van der Waals surface area contributed by atoms with Crippen molar-refractivity contribution in [3.8, 4) is 5.75 Å². The quantitative estimate of drug-likeness (QED) is 0.655. The monoisotopic (exact) mass is 334 g/mol. The molecule has 0 atom stereocenters. The van der Waals surface area contributed by atoms with E-state index in [0.717, 1.165) is 21.6 Å². The number of nitrogen functional groups attached to an aromatic ring is 1. The molecule has 0 aliphatic carbocycles. The van der Waals surface area contributed by atoms with Crippen molar-refractivity contribution in [1.82, 2.24) is 0 Å². The fourth-order valence-corrected chi connectivity index (χ4v) is 2.25. The maximum absolute atomic E-state index is 11.5. The zero-order valence-corrected chi connectivity index (χ0v) is 12.8. The number of Topliss-reactive ketones (excluding diaryl/α,β-unsaturated/α-hetero) is 1. The number of hydrogen-bond donors (Lipinski definition) is 2. The van der Waals surface area contributed by atoms with Crippen LogP contribution in [0.3, 0.4) is 0 Å². The molecule has 20 heavy (non-hydrogen) atoms. The van der Waals surface area contributed by atoms with Crippen LogP contribution in [0.5, 0.6) is 5.75 Å². The molecule has 0 radical (unpaired) electrons. The maximum atomic E-state index is 11.5. The summed E-state index contributed by atoms with van der Waals surface area (Å²) in [5, 5.41) is 3.22. The molecule has 2 aromatic rings. The fourth-order valence-electron chi connectivity index (χ4n) is 1.84. The Morgan fingerprint density at radius 3 is 2.50 bits per heavy atom. The van der Waals surface area contributed by atoms with Crippen molar-refractivity contribution in [2.45, 2.75) is 6.92 Å². The summed E-state index contributed by atoms with van der Waals surface area (Å²) < 4.78 is 6.13. The molecule has 2 aromatic carbocycles. The Labute approximate surface area is 126 Å². The lowest BCUT2D eigenvalue weighted by Gasteiger charge is -2.11. The third kappa shape index (κ3) is 3.11. The van der Waals surface area contributed by atoms with E-state index in [1.165, 1.54) is 6.92 Å². The second-order valence-corrected chi connectivity index (χ2v) is 5.19. The van der Waals surface area contributed by atoms with Gasteiger partial charge in [-0.15, -0.1) is 0 Å². The summed E-state index contributed by atoms with van der Waals surface area (Å²) >= 11 is 3.40. The van der Waals surface area contributed by atoms with E-state index in [2.05, 4.69) is 21.2 Å². The molecule has 0 aromatic heterocycles. The number of ketones is 1. The van der Waals surface area contributed by atoms with E-state index in [4.69, 9.17) is 10.5 Å². The number of nitrogens with one attached hydrogen (secondary N) is 1. The predicted molar refractivity (Wildman–Crippen MR) is 84.8 cm³/mol. The largest absolute Gasteiger partial charge is 0.495 e. The number of benzene rings is 2. The molecule has 4 nitrogen and oxygen atoms in total. The van der Waals surface area contributed by atoms with Gasteiger partial charge in [0.2, 0.25) is 0 Å². The van der Waals surface area contributed by atoms with Crippen LogP contribution in [0.4, 0.5) is 17.1 Å². The van der Waals surface area contributed by atoms with Crippen LogP contribution in [0.15, 0.2) is 40.9 Å². The molecule has 5 heteroatoms. The first kappa shape index (κ1) is 14.4. The smallest absolute Gasteiger partial charge is 0.161 e. The van der Waals surface area contributed by atoms with E-state index in [1.54, 1.807) is 19.2 Å². The minimum absolute atomic E-state index is 0.0560. The van der Waals surface area contributed by atoms with Crippen LogP contribution in [0.1, 0.15) is 17.3 Å². The Hall–Kier alpha value is -2.01. The van der Waals surface area contributed by atoms with E-state index in [0.29, 0.717) is 11.3 Å². The standard InChI is InChI=1S/C15H15BrN2O2/c1-9(19)12-7-10(4-6-14(12)17)18-11-3-5-13(16)15(8-11)20-2/h3-8,18H,17H2,1-2H3. The Balaban J connectivity index is 2.30. The highest BCUT2D eigenvalue weighted by atomic mass is 79.9. The lowest BCUT2D eigenvalue weighted by atomic mass is 10.1. The van der Waals surface area contributed by atoms with Crippen LogP contribution >= 0.6 is 15.9 Å². The first-order valence-corrected chi connectivity index (χ1v) is 6.81. The summed E-state index contributed by atoms with van der Waals surface area (Å²) in [6.45, 7) is 1.50. The molecular weight excluding hydrogens is 320 g/mol. The van der Waals surface area contributed by atoms with Gasteiger partial charge in [-0.25, -0.2) is 0 Å². The predicted octanol–water partition coefficient (Wildman–Crippen LogP) is 3.99. The normalized spacial score (nSPS) is 10.2. The average Bonchev–Trinajstić information content (AvgIpc) is 2.42. The fraction of sp³-hybridized carbons (Fsp3) is 0.133. The summed E-state index contributed by atoms with van der Waals surface area (Å²) in [6, 6.07) is 11.0. The zero-order chi connectivity index (χ0) is 14.7. The van der Waals surface area contributed by atoms with E-state index < -0.39 is 0 Å². The molecule has 0 aliphatic heterocycles. The topological polar surface area (TPSA) is 64.3 Å². The molecular formula is C15H15BrN2O2. The molecule has 0 saturated carbocycles. The average molecular weight is 335 g/mol. The second-order valence-electron chi connectivity index (χ2n) is 4.33. The summed E-state index contributed by atoms with van der Waals surface area (Å²) in [6.07, 6.45) is 0. The van der Waals surface area contributed by atoms with E-state index >= 15 is 0 Å². The number of halogens is 1. The van der Waals surface area contributed by atoms with Crippen molar-refractivity contribution < 1.29 is 9.53 Å². The van der Waals surface area contributed by atoms with Gasteiger partial charge in [0, 0.05) is 28.7 Å². The maximum Gasteiger partial charge on any atom is 0.161 e. The molecule has 2 rings (SSSR count). The van der Waals surface area contributed by atoms with Crippen molar-refractivity contribution in [3.63, 3.8) is 0 Å². The number of hydrogen-bond acceptors (Lipinski definition) is 4. The molecule has 0 spiro atoms. The number of carbonyl (C=O) groups is 1. The Morgan fingerprint density at radius 1 is 1.20 bits per heavy atom. The highest BCUT2D eigenvalue weighted by Crippen LogP contribution is 2.30. The van der Waals surface area contributed by atoms with Gasteiger partial charge in [-0.3, -0.25) is 4.79 Å². The van der Waals surface area contributed by atoms with E-state index in [9.17, 15) is 4.79 Å². The first-order chi connectivity index (χ1) is 9.51. The molecule has 0 heterocycles. The van der Waals surface area contributed by atoms with E-state index in [-0.39, 0.29) is 5.78 Å². The highest BCUT2D eigenvalue weighted by molar-refractivity contribution is 9.10. The van der Waals surface area contributed by atoms with Gasteiger partial charge in [0.15, 0.2) is 5.78 Å². The number of methoxy groups -OCH3 is 1. The first-order valence-electron chi connectivity index (χ1n) is 6.02. The van der Waals surface area contributed by atoms with Crippen LogP contribution in [-0.4, -0.2) is 12.9 Å². The van der Waals surface area contributed by atoms with Gasteiger partial charge in [0.25, 0.3) is 0 Å².